The van der Waals surface area contributed by atoms with Crippen LogP contribution in [-0.4, -0.2) is 29.5 Å². The SMILES string of the molecule is CCCn1ncc(Br)c1C(NC)C1CCOC1CC. The second-order valence-electron chi connectivity index (χ2n) is 5.14. The van der Waals surface area contributed by atoms with Gasteiger partial charge in [0.05, 0.1) is 28.5 Å². The van der Waals surface area contributed by atoms with Crippen molar-refractivity contribution in [2.24, 2.45) is 5.92 Å². The van der Waals surface area contributed by atoms with E-state index < -0.39 is 0 Å². The highest BCUT2D eigenvalue weighted by Gasteiger charge is 2.36. The van der Waals surface area contributed by atoms with Crippen LogP contribution in [0.4, 0.5) is 0 Å². The van der Waals surface area contributed by atoms with Gasteiger partial charge in [0.2, 0.25) is 0 Å². The van der Waals surface area contributed by atoms with Crippen molar-refractivity contribution in [1.82, 2.24) is 15.1 Å². The van der Waals surface area contributed by atoms with Crippen molar-refractivity contribution in [1.29, 1.82) is 0 Å². The summed E-state index contributed by atoms with van der Waals surface area (Å²) in [6, 6.07) is 0.302. The van der Waals surface area contributed by atoms with Gasteiger partial charge in [-0.1, -0.05) is 13.8 Å². The van der Waals surface area contributed by atoms with Gasteiger partial charge in [0.15, 0.2) is 0 Å². The molecule has 0 aliphatic carbocycles. The van der Waals surface area contributed by atoms with Crippen LogP contribution in [0.25, 0.3) is 0 Å². The van der Waals surface area contributed by atoms with Crippen molar-refractivity contribution in [2.45, 2.75) is 51.8 Å². The molecule has 3 atom stereocenters. The van der Waals surface area contributed by atoms with Crippen molar-refractivity contribution in [3.8, 4) is 0 Å². The lowest BCUT2D eigenvalue weighted by molar-refractivity contribution is 0.0772. The van der Waals surface area contributed by atoms with E-state index in [0.717, 1.165) is 36.9 Å². The van der Waals surface area contributed by atoms with E-state index in [9.17, 15) is 0 Å². The summed E-state index contributed by atoms with van der Waals surface area (Å²) in [6.07, 6.45) is 5.55. The summed E-state index contributed by atoms with van der Waals surface area (Å²) in [5.41, 5.74) is 1.26. The molecule has 2 rings (SSSR count). The van der Waals surface area contributed by atoms with Crippen molar-refractivity contribution >= 4 is 15.9 Å². The standard InChI is InChI=1S/C14H24BrN3O/c1-4-7-18-14(11(15)9-17-18)13(16-3)10-6-8-19-12(10)5-2/h9-10,12-13,16H,4-8H2,1-3H3. The second kappa shape index (κ2) is 6.86. The first-order chi connectivity index (χ1) is 9.22. The van der Waals surface area contributed by atoms with Crippen LogP contribution in [0.15, 0.2) is 10.7 Å². The van der Waals surface area contributed by atoms with Crippen molar-refractivity contribution in [3.63, 3.8) is 0 Å². The van der Waals surface area contributed by atoms with Crippen molar-refractivity contribution in [3.05, 3.63) is 16.4 Å². The van der Waals surface area contributed by atoms with Gasteiger partial charge in [0, 0.05) is 19.1 Å². The molecule has 19 heavy (non-hydrogen) atoms. The number of hydrogen-bond donors (Lipinski definition) is 1. The smallest absolute Gasteiger partial charge is 0.0699 e. The molecule has 3 unspecified atom stereocenters. The van der Waals surface area contributed by atoms with Crippen molar-refractivity contribution in [2.75, 3.05) is 13.7 Å². The fraction of sp³-hybridized carbons (Fsp3) is 0.786. The number of nitrogens with zero attached hydrogens (tertiary/aromatic N) is 2. The van der Waals surface area contributed by atoms with Gasteiger partial charge in [-0.05, 0) is 42.2 Å². The van der Waals surface area contributed by atoms with E-state index >= 15 is 0 Å². The molecule has 0 amide bonds. The zero-order valence-electron chi connectivity index (χ0n) is 12.0. The summed E-state index contributed by atoms with van der Waals surface area (Å²) in [5.74, 6) is 0.526. The van der Waals surface area contributed by atoms with Gasteiger partial charge in [0.1, 0.15) is 0 Å². The number of hydrogen-bond acceptors (Lipinski definition) is 3. The maximum Gasteiger partial charge on any atom is 0.0699 e. The molecular formula is C14H24BrN3O. The Labute approximate surface area is 124 Å². The zero-order valence-corrected chi connectivity index (χ0v) is 13.6. The third-order valence-corrected chi connectivity index (χ3v) is 4.58. The molecule has 0 bridgehead atoms. The van der Waals surface area contributed by atoms with Crippen LogP contribution in [0.2, 0.25) is 0 Å². The lowest BCUT2D eigenvalue weighted by Crippen LogP contribution is -2.32. The predicted octanol–water partition coefficient (Wildman–Crippen LogP) is 3.13. The first kappa shape index (κ1) is 15.0. The third-order valence-electron chi connectivity index (χ3n) is 3.97. The Kier molecular flexibility index (Phi) is 5.42. The molecule has 4 nitrogen and oxygen atoms in total. The second-order valence-corrected chi connectivity index (χ2v) is 5.99. The number of nitrogens with one attached hydrogen (secondary N) is 1. The van der Waals surface area contributed by atoms with E-state index in [4.69, 9.17) is 4.74 Å². The van der Waals surface area contributed by atoms with E-state index in [1.54, 1.807) is 0 Å². The molecule has 1 saturated heterocycles. The largest absolute Gasteiger partial charge is 0.378 e. The molecule has 1 N–H and O–H groups in total. The normalized spacial score (nSPS) is 24.8. The van der Waals surface area contributed by atoms with Crippen LogP contribution < -0.4 is 5.32 Å². The van der Waals surface area contributed by atoms with Crippen LogP contribution in [0.5, 0.6) is 0 Å². The number of aromatic nitrogens is 2. The van der Waals surface area contributed by atoms with E-state index in [1.807, 2.05) is 13.2 Å². The number of aryl methyl sites for hydroxylation is 1. The van der Waals surface area contributed by atoms with Crippen LogP contribution in [-0.2, 0) is 11.3 Å². The van der Waals surface area contributed by atoms with Gasteiger partial charge in [-0.15, -0.1) is 0 Å². The van der Waals surface area contributed by atoms with Gasteiger partial charge in [0.25, 0.3) is 0 Å². The first-order valence-electron chi connectivity index (χ1n) is 7.22. The number of ether oxygens (including phenoxy) is 1. The highest BCUT2D eigenvalue weighted by molar-refractivity contribution is 9.10. The van der Waals surface area contributed by atoms with Crippen LogP contribution in [0.3, 0.4) is 0 Å². The summed E-state index contributed by atoms with van der Waals surface area (Å²) < 4.78 is 9.07. The van der Waals surface area contributed by atoms with Crippen LogP contribution in [0.1, 0.15) is 44.8 Å². The highest BCUT2D eigenvalue weighted by Crippen LogP contribution is 2.37. The minimum atomic E-state index is 0.302. The van der Waals surface area contributed by atoms with Crippen LogP contribution in [0, 0.1) is 5.92 Å². The average Bonchev–Trinajstić information content (AvgIpc) is 3.01. The Morgan fingerprint density at radius 3 is 3.00 bits per heavy atom. The molecule has 0 spiro atoms. The Bertz CT molecular complexity index is 407. The molecule has 5 heteroatoms. The van der Waals surface area contributed by atoms with Crippen LogP contribution >= 0.6 is 15.9 Å². The molecule has 0 radical (unpaired) electrons. The van der Waals surface area contributed by atoms with Gasteiger partial charge >= 0.3 is 0 Å². The molecule has 1 aliphatic heterocycles. The lowest BCUT2D eigenvalue weighted by atomic mass is 9.89. The maximum absolute atomic E-state index is 5.85. The molecule has 108 valence electrons. The molecule has 1 aromatic rings. The molecule has 0 saturated carbocycles. The monoisotopic (exact) mass is 329 g/mol. The summed E-state index contributed by atoms with van der Waals surface area (Å²) in [5, 5.41) is 7.97. The quantitative estimate of drug-likeness (QED) is 0.871. The van der Waals surface area contributed by atoms with E-state index in [0.29, 0.717) is 18.1 Å². The molecule has 1 aromatic heterocycles. The van der Waals surface area contributed by atoms with Crippen molar-refractivity contribution < 1.29 is 4.74 Å². The van der Waals surface area contributed by atoms with Gasteiger partial charge < -0.3 is 10.1 Å². The minimum Gasteiger partial charge on any atom is -0.378 e. The Balaban J connectivity index is 2.28. The van der Waals surface area contributed by atoms with E-state index in [2.05, 4.69) is 44.9 Å². The van der Waals surface area contributed by atoms with Gasteiger partial charge in [-0.25, -0.2) is 0 Å². The van der Waals surface area contributed by atoms with E-state index in [-0.39, 0.29) is 0 Å². The minimum absolute atomic E-state index is 0.302. The molecule has 1 aliphatic rings. The fourth-order valence-corrected chi connectivity index (χ4v) is 3.63. The summed E-state index contributed by atoms with van der Waals surface area (Å²) in [4.78, 5) is 0. The van der Waals surface area contributed by atoms with E-state index in [1.165, 1.54) is 5.69 Å². The number of rotatable bonds is 6. The lowest BCUT2D eigenvalue weighted by Gasteiger charge is -2.28. The Morgan fingerprint density at radius 1 is 1.58 bits per heavy atom. The summed E-state index contributed by atoms with van der Waals surface area (Å²) >= 11 is 3.65. The predicted molar refractivity (Wildman–Crippen MR) is 80.2 cm³/mol. The van der Waals surface area contributed by atoms with Gasteiger partial charge in [-0.3, -0.25) is 4.68 Å². The third kappa shape index (κ3) is 3.03. The summed E-state index contributed by atoms with van der Waals surface area (Å²) in [7, 11) is 2.03. The summed E-state index contributed by atoms with van der Waals surface area (Å²) in [6.45, 7) is 6.22. The van der Waals surface area contributed by atoms with Gasteiger partial charge in [-0.2, -0.15) is 5.10 Å². The highest BCUT2D eigenvalue weighted by atomic mass is 79.9. The fourth-order valence-electron chi connectivity index (χ4n) is 3.09. The maximum atomic E-state index is 5.85. The zero-order chi connectivity index (χ0) is 13.8. The molecular weight excluding hydrogens is 306 g/mol. The first-order valence-corrected chi connectivity index (χ1v) is 8.02. The topological polar surface area (TPSA) is 39.1 Å². The Hall–Kier alpha value is -0.390. The molecule has 1 fully saturated rings. The average molecular weight is 330 g/mol. The molecule has 2 heterocycles. The number of halogens is 1. The Morgan fingerprint density at radius 2 is 2.37 bits per heavy atom. The molecule has 0 aromatic carbocycles.